The van der Waals surface area contributed by atoms with Crippen LogP contribution >= 0.6 is 0 Å². The van der Waals surface area contributed by atoms with E-state index < -0.39 is 0 Å². The molecule has 8 atom stereocenters. The molecule has 0 aromatic rings. The summed E-state index contributed by atoms with van der Waals surface area (Å²) in [6.45, 7) is 12.5. The average Bonchev–Trinajstić information content (AvgIpc) is 3.04. The van der Waals surface area contributed by atoms with E-state index in [0.717, 1.165) is 41.9 Å². The van der Waals surface area contributed by atoms with Crippen molar-refractivity contribution in [2.45, 2.75) is 112 Å². The van der Waals surface area contributed by atoms with Crippen LogP contribution in [0.2, 0.25) is 0 Å². The molecule has 0 bridgehead atoms. The van der Waals surface area contributed by atoms with Crippen molar-refractivity contribution < 1.29 is 5.21 Å². The zero-order valence-electron chi connectivity index (χ0n) is 19.9. The lowest BCUT2D eigenvalue weighted by Crippen LogP contribution is -2.56. The van der Waals surface area contributed by atoms with Crippen molar-refractivity contribution in [2.75, 3.05) is 0 Å². The Hall–Kier alpha value is -0.530. The molecule has 0 unspecified atom stereocenters. The van der Waals surface area contributed by atoms with Crippen molar-refractivity contribution >= 4 is 5.71 Å². The molecule has 4 aliphatic carbocycles. The van der Waals surface area contributed by atoms with Gasteiger partial charge >= 0.3 is 0 Å². The standard InChI is InChI=1S/C27H47NO/c1-18(2)9-8-10-19(3)21-12-13-22-20-17-25(28-29)24-11-6-7-15-26(24,4)23(20)14-16-27(21,22)5/h18-24,29H,6-17H2,1-5H3/b28-25-/t19-,20+,21+,22-,23+,24-,26-,27-/m1/s1. The highest BCUT2D eigenvalue weighted by Gasteiger charge is 2.61. The molecule has 0 saturated heterocycles. The van der Waals surface area contributed by atoms with Gasteiger partial charge in [-0.2, -0.15) is 0 Å². The van der Waals surface area contributed by atoms with Gasteiger partial charge in [0.25, 0.3) is 0 Å². The van der Waals surface area contributed by atoms with E-state index in [1.807, 2.05) is 0 Å². The molecule has 4 fully saturated rings. The van der Waals surface area contributed by atoms with Crippen LogP contribution in [0.15, 0.2) is 5.16 Å². The van der Waals surface area contributed by atoms with Crippen LogP contribution in [0.25, 0.3) is 0 Å². The fourth-order valence-corrected chi connectivity index (χ4v) is 9.26. The van der Waals surface area contributed by atoms with Crippen molar-refractivity contribution in [3.8, 4) is 0 Å². The van der Waals surface area contributed by atoms with Gasteiger partial charge in [0.05, 0.1) is 5.71 Å². The second-order valence-electron chi connectivity index (χ2n) is 12.5. The van der Waals surface area contributed by atoms with E-state index in [4.69, 9.17) is 0 Å². The second-order valence-corrected chi connectivity index (χ2v) is 12.5. The van der Waals surface area contributed by atoms with Crippen LogP contribution in [0.5, 0.6) is 0 Å². The number of oxime groups is 1. The Labute approximate surface area is 180 Å². The Morgan fingerprint density at radius 2 is 1.69 bits per heavy atom. The number of hydrogen-bond donors (Lipinski definition) is 1. The van der Waals surface area contributed by atoms with Gasteiger partial charge in [-0.1, -0.05) is 71.9 Å². The minimum Gasteiger partial charge on any atom is -0.411 e. The average molecular weight is 402 g/mol. The SMILES string of the molecule is CC(C)CCC[C@@H](C)[C@@H]1CC[C@@H]2[C@@H]3C/C(=N/O)[C@H]4CCCC[C@]4(C)[C@H]3CC[C@@]21C. The molecule has 0 aliphatic heterocycles. The van der Waals surface area contributed by atoms with Crippen LogP contribution in [0.1, 0.15) is 112 Å². The van der Waals surface area contributed by atoms with Gasteiger partial charge in [-0.05, 0) is 91.3 Å². The van der Waals surface area contributed by atoms with Crippen LogP contribution in [0.4, 0.5) is 0 Å². The van der Waals surface area contributed by atoms with Gasteiger partial charge < -0.3 is 5.21 Å². The first-order valence-corrected chi connectivity index (χ1v) is 13.0. The Morgan fingerprint density at radius 3 is 2.41 bits per heavy atom. The topological polar surface area (TPSA) is 32.6 Å². The zero-order valence-corrected chi connectivity index (χ0v) is 19.9. The van der Waals surface area contributed by atoms with E-state index >= 15 is 0 Å². The highest BCUT2D eigenvalue weighted by atomic mass is 16.4. The lowest BCUT2D eigenvalue weighted by Gasteiger charge is -2.60. The number of nitrogens with zero attached hydrogens (tertiary/aromatic N) is 1. The van der Waals surface area contributed by atoms with Gasteiger partial charge in [-0.15, -0.1) is 0 Å². The Balaban J connectivity index is 1.53. The largest absolute Gasteiger partial charge is 0.411 e. The maximum atomic E-state index is 9.91. The summed E-state index contributed by atoms with van der Waals surface area (Å²) in [6.07, 6.45) is 16.4. The number of fused-ring (bicyclic) bond motifs is 5. The van der Waals surface area contributed by atoms with Crippen molar-refractivity contribution in [2.24, 2.45) is 57.4 Å². The van der Waals surface area contributed by atoms with E-state index in [1.54, 1.807) is 0 Å². The quantitative estimate of drug-likeness (QED) is 0.368. The summed E-state index contributed by atoms with van der Waals surface area (Å²) in [6, 6.07) is 0. The van der Waals surface area contributed by atoms with E-state index in [9.17, 15) is 5.21 Å². The van der Waals surface area contributed by atoms with Gasteiger partial charge in [0.1, 0.15) is 0 Å². The third-order valence-electron chi connectivity index (χ3n) is 10.7. The van der Waals surface area contributed by atoms with E-state index in [2.05, 4.69) is 39.8 Å². The van der Waals surface area contributed by atoms with Crippen molar-refractivity contribution in [3.05, 3.63) is 0 Å². The number of hydrogen-bond acceptors (Lipinski definition) is 2. The first-order valence-electron chi connectivity index (χ1n) is 13.0. The second kappa shape index (κ2) is 8.19. The summed E-state index contributed by atoms with van der Waals surface area (Å²) < 4.78 is 0. The molecule has 166 valence electrons. The molecular formula is C27H47NO. The first-order chi connectivity index (χ1) is 13.8. The van der Waals surface area contributed by atoms with Crippen LogP contribution in [-0.2, 0) is 0 Å². The molecule has 0 radical (unpaired) electrons. The highest BCUT2D eigenvalue weighted by molar-refractivity contribution is 5.88. The molecule has 0 aromatic carbocycles. The monoisotopic (exact) mass is 401 g/mol. The van der Waals surface area contributed by atoms with Crippen molar-refractivity contribution in [1.29, 1.82) is 0 Å². The summed E-state index contributed by atoms with van der Waals surface area (Å²) in [7, 11) is 0. The van der Waals surface area contributed by atoms with Crippen LogP contribution in [0, 0.1) is 52.3 Å². The first kappa shape index (κ1) is 21.7. The molecule has 0 amide bonds. The molecule has 0 aromatic heterocycles. The van der Waals surface area contributed by atoms with Crippen LogP contribution < -0.4 is 0 Å². The van der Waals surface area contributed by atoms with Gasteiger partial charge in [-0.3, -0.25) is 0 Å². The van der Waals surface area contributed by atoms with E-state index in [1.165, 1.54) is 76.3 Å². The van der Waals surface area contributed by atoms with E-state index in [0.29, 0.717) is 16.7 Å². The maximum Gasteiger partial charge on any atom is 0.0610 e. The molecule has 0 spiro atoms. The van der Waals surface area contributed by atoms with Crippen LogP contribution in [-0.4, -0.2) is 10.9 Å². The lowest BCUT2D eigenvalue weighted by molar-refractivity contribution is -0.0806. The smallest absolute Gasteiger partial charge is 0.0610 e. The molecule has 0 heterocycles. The third kappa shape index (κ3) is 3.59. The number of rotatable bonds is 5. The molecule has 4 rings (SSSR count). The summed E-state index contributed by atoms with van der Waals surface area (Å²) in [5.41, 5.74) is 2.09. The molecule has 2 nitrogen and oxygen atoms in total. The van der Waals surface area contributed by atoms with Crippen LogP contribution in [0.3, 0.4) is 0 Å². The highest BCUT2D eigenvalue weighted by Crippen LogP contribution is 2.68. The van der Waals surface area contributed by atoms with Gasteiger partial charge in [-0.25, -0.2) is 0 Å². The fourth-order valence-electron chi connectivity index (χ4n) is 9.26. The maximum absolute atomic E-state index is 9.91. The Kier molecular flexibility index (Phi) is 6.13. The predicted molar refractivity (Wildman–Crippen MR) is 122 cm³/mol. The normalized spacial score (nSPS) is 47.0. The van der Waals surface area contributed by atoms with Crippen molar-refractivity contribution in [3.63, 3.8) is 0 Å². The van der Waals surface area contributed by atoms with Crippen molar-refractivity contribution in [1.82, 2.24) is 0 Å². The molecule has 4 aliphatic rings. The van der Waals surface area contributed by atoms with Gasteiger partial charge in [0, 0.05) is 5.92 Å². The summed E-state index contributed by atoms with van der Waals surface area (Å²) >= 11 is 0. The Bertz CT molecular complexity index is 612. The third-order valence-corrected chi connectivity index (χ3v) is 10.7. The summed E-state index contributed by atoms with van der Waals surface area (Å²) in [4.78, 5) is 0. The zero-order chi connectivity index (χ0) is 20.8. The fraction of sp³-hybridized carbons (Fsp3) is 0.963. The lowest BCUT2D eigenvalue weighted by atomic mass is 9.44. The molecule has 1 N–H and O–H groups in total. The molecule has 2 heteroatoms. The van der Waals surface area contributed by atoms with E-state index in [-0.39, 0.29) is 0 Å². The summed E-state index contributed by atoms with van der Waals surface area (Å²) in [5.74, 6) is 5.67. The molecule has 4 saturated carbocycles. The van der Waals surface area contributed by atoms with Gasteiger partial charge in [0.2, 0.25) is 0 Å². The minimum atomic E-state index is 0.394. The molecule has 29 heavy (non-hydrogen) atoms. The minimum absolute atomic E-state index is 0.394. The van der Waals surface area contributed by atoms with Gasteiger partial charge in [0.15, 0.2) is 0 Å². The predicted octanol–water partition coefficient (Wildman–Crippen LogP) is 7.94. The summed E-state index contributed by atoms with van der Waals surface area (Å²) in [5, 5.41) is 13.8. The Morgan fingerprint density at radius 1 is 0.931 bits per heavy atom. The molecular weight excluding hydrogens is 354 g/mol.